The van der Waals surface area contributed by atoms with Gasteiger partial charge in [-0.05, 0) is 57.0 Å². The fourth-order valence-corrected chi connectivity index (χ4v) is 3.94. The van der Waals surface area contributed by atoms with E-state index in [0.29, 0.717) is 0 Å². The van der Waals surface area contributed by atoms with Gasteiger partial charge in [-0.3, -0.25) is 14.7 Å². The first-order chi connectivity index (χ1) is 16.1. The van der Waals surface area contributed by atoms with Crippen molar-refractivity contribution in [1.29, 1.82) is 0 Å². The molecular formula is C27H31N5O. The molecule has 0 radical (unpaired) electrons. The van der Waals surface area contributed by atoms with Crippen molar-refractivity contribution in [2.75, 3.05) is 19.6 Å². The van der Waals surface area contributed by atoms with E-state index < -0.39 is 0 Å². The lowest BCUT2D eigenvalue weighted by Gasteiger charge is -2.31. The molecule has 6 heteroatoms. The minimum Gasteiger partial charge on any atom is -0.350 e. The van der Waals surface area contributed by atoms with Gasteiger partial charge in [-0.15, -0.1) is 0 Å². The maximum Gasteiger partial charge on any atom is 0.244 e. The van der Waals surface area contributed by atoms with Crippen molar-refractivity contribution >= 4 is 12.0 Å². The summed E-state index contributed by atoms with van der Waals surface area (Å²) in [5.74, 6) is -0.0673. The molecule has 0 atom stereocenters. The first-order valence-corrected chi connectivity index (χ1v) is 11.5. The summed E-state index contributed by atoms with van der Waals surface area (Å²) >= 11 is 0. The average molecular weight is 442 g/mol. The van der Waals surface area contributed by atoms with E-state index in [0.717, 1.165) is 55.0 Å². The number of piperidine rings is 1. The average Bonchev–Trinajstić information content (AvgIpc) is 3.28. The molecule has 170 valence electrons. The van der Waals surface area contributed by atoms with E-state index in [9.17, 15) is 4.79 Å². The number of hydrogen-bond acceptors (Lipinski definition) is 4. The second kappa shape index (κ2) is 10.9. The Kier molecular flexibility index (Phi) is 7.47. The van der Waals surface area contributed by atoms with Crippen LogP contribution in [0.5, 0.6) is 0 Å². The predicted octanol–water partition coefficient (Wildman–Crippen LogP) is 4.49. The van der Waals surface area contributed by atoms with E-state index in [-0.39, 0.29) is 11.9 Å². The molecule has 1 fully saturated rings. The first kappa shape index (κ1) is 22.7. The van der Waals surface area contributed by atoms with E-state index in [1.807, 2.05) is 59.4 Å². The number of likely N-dealkylation sites (tertiary alicyclic amines) is 1. The number of nitrogens with zero attached hydrogens (tertiary/aromatic N) is 4. The Morgan fingerprint density at radius 2 is 1.91 bits per heavy atom. The van der Waals surface area contributed by atoms with Gasteiger partial charge >= 0.3 is 0 Å². The quantitative estimate of drug-likeness (QED) is 0.433. The SMILES string of the molecule is CC(C)=CCN1CCC(NC(=O)/C=C/c2cn(-c3ccccc3)nc2-c2cccnc2)CC1. The van der Waals surface area contributed by atoms with Crippen LogP contribution in [0.2, 0.25) is 0 Å². The second-order valence-electron chi connectivity index (χ2n) is 8.65. The normalized spacial score (nSPS) is 15.0. The maximum absolute atomic E-state index is 12.6. The molecule has 0 spiro atoms. The van der Waals surface area contributed by atoms with Gasteiger partial charge in [0.15, 0.2) is 0 Å². The molecule has 1 saturated heterocycles. The summed E-state index contributed by atoms with van der Waals surface area (Å²) in [4.78, 5) is 19.3. The van der Waals surface area contributed by atoms with E-state index in [2.05, 4.69) is 35.1 Å². The number of nitrogens with one attached hydrogen (secondary N) is 1. The van der Waals surface area contributed by atoms with Gasteiger partial charge in [0.05, 0.1) is 5.69 Å². The van der Waals surface area contributed by atoms with E-state index >= 15 is 0 Å². The van der Waals surface area contributed by atoms with Crippen LogP contribution in [0.4, 0.5) is 0 Å². The molecule has 1 aliphatic heterocycles. The molecule has 1 amide bonds. The van der Waals surface area contributed by atoms with E-state index in [4.69, 9.17) is 5.10 Å². The molecule has 4 rings (SSSR count). The van der Waals surface area contributed by atoms with Crippen molar-refractivity contribution in [3.63, 3.8) is 0 Å². The van der Waals surface area contributed by atoms with Gasteiger partial charge in [0.25, 0.3) is 0 Å². The Balaban J connectivity index is 1.43. The molecule has 3 heterocycles. The number of benzene rings is 1. The van der Waals surface area contributed by atoms with Gasteiger partial charge in [-0.2, -0.15) is 5.10 Å². The Hall–Kier alpha value is -3.51. The highest BCUT2D eigenvalue weighted by atomic mass is 16.1. The van der Waals surface area contributed by atoms with Crippen LogP contribution in [0.1, 0.15) is 32.3 Å². The number of rotatable bonds is 7. The summed E-state index contributed by atoms with van der Waals surface area (Å²) in [5, 5.41) is 7.93. The smallest absolute Gasteiger partial charge is 0.244 e. The molecule has 3 aromatic rings. The van der Waals surface area contributed by atoms with Gasteiger partial charge in [-0.25, -0.2) is 4.68 Å². The standard InChI is InChI=1S/C27H31N5O/c1-21(2)12-16-31-17-13-24(14-18-31)29-26(33)11-10-23-20-32(25-8-4-3-5-9-25)30-27(23)22-7-6-15-28-19-22/h3-12,15,19-20,24H,13-14,16-18H2,1-2H3,(H,29,33)/b11-10+. The summed E-state index contributed by atoms with van der Waals surface area (Å²) in [6.07, 6.45) is 13.1. The van der Waals surface area contributed by atoms with Crippen LogP contribution >= 0.6 is 0 Å². The van der Waals surface area contributed by atoms with Crippen molar-refractivity contribution < 1.29 is 4.79 Å². The zero-order chi connectivity index (χ0) is 23.0. The lowest BCUT2D eigenvalue weighted by molar-refractivity contribution is -0.117. The molecule has 0 aliphatic carbocycles. The molecule has 0 bridgehead atoms. The minimum atomic E-state index is -0.0673. The Labute approximate surface area is 195 Å². The minimum absolute atomic E-state index is 0.0673. The predicted molar refractivity (Wildman–Crippen MR) is 133 cm³/mol. The number of pyridine rings is 1. The number of aromatic nitrogens is 3. The molecule has 1 aromatic carbocycles. The summed E-state index contributed by atoms with van der Waals surface area (Å²) in [6, 6.07) is 14.0. The van der Waals surface area contributed by atoms with Crippen LogP contribution in [0.3, 0.4) is 0 Å². The molecule has 0 unspecified atom stereocenters. The fraction of sp³-hybridized carbons (Fsp3) is 0.296. The second-order valence-corrected chi connectivity index (χ2v) is 8.65. The number of carbonyl (C=O) groups is 1. The van der Waals surface area contributed by atoms with Gasteiger partial charge < -0.3 is 5.32 Å². The molecule has 1 aliphatic rings. The Morgan fingerprint density at radius 3 is 2.61 bits per heavy atom. The third-order valence-electron chi connectivity index (χ3n) is 5.80. The highest BCUT2D eigenvalue weighted by molar-refractivity contribution is 5.93. The highest BCUT2D eigenvalue weighted by Gasteiger charge is 2.19. The van der Waals surface area contributed by atoms with Crippen LogP contribution < -0.4 is 5.32 Å². The lowest BCUT2D eigenvalue weighted by Crippen LogP contribution is -2.44. The fourth-order valence-electron chi connectivity index (χ4n) is 3.94. The third kappa shape index (κ3) is 6.26. The van der Waals surface area contributed by atoms with E-state index in [1.165, 1.54) is 5.57 Å². The van der Waals surface area contributed by atoms with Crippen molar-refractivity contribution in [2.45, 2.75) is 32.7 Å². The van der Waals surface area contributed by atoms with Crippen molar-refractivity contribution in [3.8, 4) is 16.9 Å². The van der Waals surface area contributed by atoms with Crippen LogP contribution in [-0.4, -0.2) is 51.2 Å². The summed E-state index contributed by atoms with van der Waals surface area (Å²) in [7, 11) is 0. The third-order valence-corrected chi connectivity index (χ3v) is 5.80. The van der Waals surface area contributed by atoms with Gasteiger partial charge in [0, 0.05) is 61.5 Å². The Morgan fingerprint density at radius 1 is 1.12 bits per heavy atom. The molecule has 2 aromatic heterocycles. The van der Waals surface area contributed by atoms with Gasteiger partial charge in [0.2, 0.25) is 5.91 Å². The molecule has 0 saturated carbocycles. The van der Waals surface area contributed by atoms with E-state index in [1.54, 1.807) is 18.5 Å². The largest absolute Gasteiger partial charge is 0.350 e. The lowest BCUT2D eigenvalue weighted by atomic mass is 10.0. The number of allylic oxidation sites excluding steroid dienone is 1. The zero-order valence-corrected chi connectivity index (χ0v) is 19.3. The summed E-state index contributed by atoms with van der Waals surface area (Å²) in [5.41, 5.74) is 4.89. The summed E-state index contributed by atoms with van der Waals surface area (Å²) in [6.45, 7) is 7.26. The van der Waals surface area contributed by atoms with Crippen molar-refractivity contribution in [1.82, 2.24) is 25.0 Å². The van der Waals surface area contributed by atoms with Crippen LogP contribution in [0.15, 0.2) is 78.8 Å². The van der Waals surface area contributed by atoms with Crippen LogP contribution in [-0.2, 0) is 4.79 Å². The topological polar surface area (TPSA) is 63.1 Å². The van der Waals surface area contributed by atoms with Crippen LogP contribution in [0.25, 0.3) is 23.0 Å². The van der Waals surface area contributed by atoms with Gasteiger partial charge in [0.1, 0.15) is 5.69 Å². The molecule has 33 heavy (non-hydrogen) atoms. The maximum atomic E-state index is 12.6. The van der Waals surface area contributed by atoms with Crippen molar-refractivity contribution in [2.24, 2.45) is 0 Å². The summed E-state index contributed by atoms with van der Waals surface area (Å²) < 4.78 is 1.84. The van der Waals surface area contributed by atoms with Crippen LogP contribution in [0, 0.1) is 0 Å². The zero-order valence-electron chi connectivity index (χ0n) is 19.3. The van der Waals surface area contributed by atoms with Gasteiger partial charge in [-0.1, -0.05) is 29.8 Å². The molecule has 6 nitrogen and oxygen atoms in total. The highest BCUT2D eigenvalue weighted by Crippen LogP contribution is 2.24. The molecular weight excluding hydrogens is 410 g/mol. The number of para-hydroxylation sites is 1. The number of amides is 1. The number of hydrogen-bond donors (Lipinski definition) is 1. The molecule has 1 N–H and O–H groups in total. The monoisotopic (exact) mass is 441 g/mol. The van der Waals surface area contributed by atoms with Crippen molar-refractivity contribution in [3.05, 3.63) is 84.3 Å². The first-order valence-electron chi connectivity index (χ1n) is 11.5. The Bertz CT molecular complexity index is 1110. The number of carbonyl (C=O) groups excluding carboxylic acids is 1.